The molecule has 3 aromatic heterocycles. The Hall–Kier alpha value is -3.22. The van der Waals surface area contributed by atoms with E-state index in [1.165, 1.54) is 11.8 Å². The number of hydrogen-bond donors (Lipinski definition) is 1. The maximum absolute atomic E-state index is 11.0. The van der Waals surface area contributed by atoms with Crippen molar-refractivity contribution in [1.29, 1.82) is 0 Å². The maximum atomic E-state index is 11.0. The summed E-state index contributed by atoms with van der Waals surface area (Å²) in [6.07, 6.45) is 11.0. The van der Waals surface area contributed by atoms with Crippen LogP contribution in [-0.4, -0.2) is 43.7 Å². The molecule has 1 fully saturated rings. The highest BCUT2D eigenvalue weighted by molar-refractivity contribution is 5.87. The number of pyridine rings is 2. The first kappa shape index (κ1) is 17.2. The van der Waals surface area contributed by atoms with Gasteiger partial charge in [0, 0.05) is 56.5 Å². The van der Waals surface area contributed by atoms with Gasteiger partial charge in [-0.05, 0) is 42.7 Å². The second kappa shape index (κ2) is 7.57. The van der Waals surface area contributed by atoms with Gasteiger partial charge in [-0.1, -0.05) is 0 Å². The predicted molar refractivity (Wildman–Crippen MR) is 101 cm³/mol. The summed E-state index contributed by atoms with van der Waals surface area (Å²) in [6.45, 7) is 2.52. The fourth-order valence-electron chi connectivity index (χ4n) is 3.59. The molecule has 4 rings (SSSR count). The monoisotopic (exact) mass is 363 g/mol. The Labute approximate surface area is 157 Å². The molecule has 0 aliphatic carbocycles. The molecule has 3 aromatic rings. The lowest BCUT2D eigenvalue weighted by Gasteiger charge is -2.33. The molecule has 1 unspecified atom stereocenters. The molecule has 0 amide bonds. The average Bonchev–Trinajstić information content (AvgIpc) is 3.17. The summed E-state index contributed by atoms with van der Waals surface area (Å²) in [5.41, 5.74) is 1.41. The van der Waals surface area contributed by atoms with Crippen LogP contribution in [0.4, 0.5) is 5.82 Å². The average molecular weight is 363 g/mol. The number of aromatic carboxylic acids is 1. The Bertz CT molecular complexity index is 908. The molecule has 0 aromatic carbocycles. The Morgan fingerprint density at radius 2 is 2.00 bits per heavy atom. The molecule has 0 bridgehead atoms. The first-order chi connectivity index (χ1) is 13.2. The van der Waals surface area contributed by atoms with Crippen molar-refractivity contribution in [1.82, 2.24) is 19.5 Å². The number of hydrogen-bond acceptors (Lipinski definition) is 5. The van der Waals surface area contributed by atoms with Gasteiger partial charge in [0.15, 0.2) is 0 Å². The molecule has 1 N–H and O–H groups in total. The van der Waals surface area contributed by atoms with Gasteiger partial charge in [-0.2, -0.15) is 0 Å². The molecular formula is C20H21N5O2. The van der Waals surface area contributed by atoms with Crippen molar-refractivity contribution in [2.24, 2.45) is 0 Å². The fourth-order valence-corrected chi connectivity index (χ4v) is 3.59. The van der Waals surface area contributed by atoms with Crippen LogP contribution in [0.3, 0.4) is 0 Å². The van der Waals surface area contributed by atoms with Crippen LogP contribution >= 0.6 is 0 Å². The van der Waals surface area contributed by atoms with Gasteiger partial charge in [-0.15, -0.1) is 0 Å². The molecule has 0 saturated carbocycles. The van der Waals surface area contributed by atoms with Crippen molar-refractivity contribution in [3.63, 3.8) is 0 Å². The molecule has 4 heterocycles. The van der Waals surface area contributed by atoms with E-state index in [-0.39, 0.29) is 5.56 Å². The quantitative estimate of drug-likeness (QED) is 0.750. The van der Waals surface area contributed by atoms with E-state index < -0.39 is 5.97 Å². The maximum Gasteiger partial charge on any atom is 0.337 e. The Balaban J connectivity index is 1.50. The summed E-state index contributed by atoms with van der Waals surface area (Å²) in [5.74, 6) is 1.26. The van der Waals surface area contributed by atoms with Gasteiger partial charge in [0.1, 0.15) is 11.6 Å². The van der Waals surface area contributed by atoms with Gasteiger partial charge in [-0.3, -0.25) is 4.98 Å². The highest BCUT2D eigenvalue weighted by Crippen LogP contribution is 2.28. The summed E-state index contributed by atoms with van der Waals surface area (Å²) >= 11 is 0. The summed E-state index contributed by atoms with van der Waals surface area (Å²) in [7, 11) is 0. The molecule has 7 nitrogen and oxygen atoms in total. The van der Waals surface area contributed by atoms with Crippen LogP contribution in [0.1, 0.15) is 40.5 Å². The van der Waals surface area contributed by atoms with E-state index in [1.807, 2.05) is 24.5 Å². The van der Waals surface area contributed by atoms with Crippen molar-refractivity contribution in [2.75, 3.05) is 18.0 Å². The van der Waals surface area contributed by atoms with E-state index in [9.17, 15) is 4.79 Å². The molecule has 0 radical (unpaired) electrons. The number of carboxylic acid groups (broad SMARTS) is 1. The summed E-state index contributed by atoms with van der Waals surface area (Å²) in [4.78, 5) is 26.3. The summed E-state index contributed by atoms with van der Waals surface area (Å²) in [6, 6.07) is 7.43. The minimum Gasteiger partial charge on any atom is -0.478 e. The zero-order valence-corrected chi connectivity index (χ0v) is 14.9. The standard InChI is InChI=1S/C20H21N5O2/c26-20(27)16-3-4-18(23-12-16)24-10-1-2-17(14-24)19-22-9-11-25(19)13-15-5-7-21-8-6-15/h3-9,11-12,17H,1-2,10,13-14H2,(H,26,27). The normalized spacial score (nSPS) is 17.0. The van der Waals surface area contributed by atoms with Crippen LogP contribution in [0.5, 0.6) is 0 Å². The van der Waals surface area contributed by atoms with E-state index >= 15 is 0 Å². The zero-order valence-electron chi connectivity index (χ0n) is 14.9. The van der Waals surface area contributed by atoms with Gasteiger partial charge in [0.25, 0.3) is 0 Å². The van der Waals surface area contributed by atoms with Gasteiger partial charge in [0.2, 0.25) is 0 Å². The number of rotatable bonds is 5. The third kappa shape index (κ3) is 3.81. The third-order valence-corrected chi connectivity index (χ3v) is 4.96. The van der Waals surface area contributed by atoms with Crippen LogP contribution in [0.25, 0.3) is 0 Å². The van der Waals surface area contributed by atoms with E-state index in [0.717, 1.165) is 44.1 Å². The minimum absolute atomic E-state index is 0.209. The lowest BCUT2D eigenvalue weighted by Crippen LogP contribution is -2.36. The Morgan fingerprint density at radius 3 is 2.74 bits per heavy atom. The number of carboxylic acids is 1. The number of nitrogens with zero attached hydrogens (tertiary/aromatic N) is 5. The van der Waals surface area contributed by atoms with Crippen LogP contribution in [0.15, 0.2) is 55.2 Å². The lowest BCUT2D eigenvalue weighted by molar-refractivity contribution is 0.0696. The fraction of sp³-hybridized carbons (Fsp3) is 0.300. The highest BCUT2D eigenvalue weighted by atomic mass is 16.4. The van der Waals surface area contributed by atoms with E-state index in [4.69, 9.17) is 5.11 Å². The van der Waals surface area contributed by atoms with Crippen molar-refractivity contribution < 1.29 is 9.90 Å². The smallest absolute Gasteiger partial charge is 0.337 e. The van der Waals surface area contributed by atoms with Crippen LogP contribution < -0.4 is 4.90 Å². The molecule has 1 atom stereocenters. The lowest BCUT2D eigenvalue weighted by atomic mass is 9.97. The number of imidazole rings is 1. The summed E-state index contributed by atoms with van der Waals surface area (Å²) < 4.78 is 2.20. The van der Waals surface area contributed by atoms with Crippen LogP contribution in [-0.2, 0) is 6.54 Å². The summed E-state index contributed by atoms with van der Waals surface area (Å²) in [5, 5.41) is 9.04. The van der Waals surface area contributed by atoms with Crippen molar-refractivity contribution >= 4 is 11.8 Å². The van der Waals surface area contributed by atoms with Crippen molar-refractivity contribution in [3.05, 3.63) is 72.2 Å². The molecule has 7 heteroatoms. The van der Waals surface area contributed by atoms with Gasteiger partial charge in [-0.25, -0.2) is 14.8 Å². The van der Waals surface area contributed by atoms with Crippen LogP contribution in [0.2, 0.25) is 0 Å². The van der Waals surface area contributed by atoms with Crippen molar-refractivity contribution in [3.8, 4) is 0 Å². The molecule has 138 valence electrons. The number of carbonyl (C=O) groups is 1. The third-order valence-electron chi connectivity index (χ3n) is 4.96. The van der Waals surface area contributed by atoms with Crippen molar-refractivity contribution in [2.45, 2.75) is 25.3 Å². The second-order valence-corrected chi connectivity index (χ2v) is 6.76. The van der Waals surface area contributed by atoms with Crippen LogP contribution in [0, 0.1) is 0 Å². The number of anilines is 1. The SMILES string of the molecule is O=C(O)c1ccc(N2CCCC(c3nccn3Cc3ccncc3)C2)nc1. The minimum atomic E-state index is -0.955. The van der Waals surface area contributed by atoms with E-state index in [1.54, 1.807) is 24.5 Å². The second-order valence-electron chi connectivity index (χ2n) is 6.76. The van der Waals surface area contributed by atoms with Gasteiger partial charge in [0.05, 0.1) is 5.56 Å². The first-order valence-corrected chi connectivity index (χ1v) is 9.05. The molecular weight excluding hydrogens is 342 g/mol. The largest absolute Gasteiger partial charge is 0.478 e. The number of piperidine rings is 1. The number of aromatic nitrogens is 4. The highest BCUT2D eigenvalue weighted by Gasteiger charge is 2.25. The van der Waals surface area contributed by atoms with E-state index in [2.05, 4.69) is 24.4 Å². The molecule has 1 saturated heterocycles. The van der Waals surface area contributed by atoms with E-state index in [0.29, 0.717) is 5.92 Å². The topological polar surface area (TPSA) is 84.1 Å². The predicted octanol–water partition coefficient (Wildman–Crippen LogP) is 2.80. The van der Waals surface area contributed by atoms with Gasteiger partial charge >= 0.3 is 5.97 Å². The Morgan fingerprint density at radius 1 is 1.15 bits per heavy atom. The molecule has 1 aliphatic heterocycles. The van der Waals surface area contributed by atoms with Gasteiger partial charge < -0.3 is 14.6 Å². The first-order valence-electron chi connectivity index (χ1n) is 9.05. The molecule has 0 spiro atoms. The molecule has 1 aliphatic rings. The Kier molecular flexibility index (Phi) is 4.82. The molecule has 27 heavy (non-hydrogen) atoms. The zero-order chi connectivity index (χ0) is 18.6.